The van der Waals surface area contributed by atoms with E-state index in [0.717, 1.165) is 35.8 Å². The molecule has 0 aromatic heterocycles. The maximum Gasteiger partial charge on any atom is 0.231 e. The molecule has 17 heavy (non-hydrogen) atoms. The second-order valence-corrected chi connectivity index (χ2v) is 4.08. The van der Waals surface area contributed by atoms with E-state index < -0.39 is 0 Å². The number of ether oxygens (including phenoxy) is 3. The maximum absolute atomic E-state index is 5.44. The van der Waals surface area contributed by atoms with Crippen molar-refractivity contribution in [3.63, 3.8) is 0 Å². The quantitative estimate of drug-likeness (QED) is 0.437. The van der Waals surface area contributed by atoms with Crippen LogP contribution in [0, 0.1) is 0 Å². The molecule has 0 radical (unpaired) electrons. The Bertz CT molecular complexity index is 485. The van der Waals surface area contributed by atoms with E-state index in [0.29, 0.717) is 0 Å². The van der Waals surface area contributed by atoms with E-state index in [1.807, 2.05) is 0 Å². The predicted molar refractivity (Wildman–Crippen MR) is 59.0 cm³/mol. The Kier molecular flexibility index (Phi) is 3.46. The van der Waals surface area contributed by atoms with Crippen LogP contribution in [-0.2, 0) is 6.42 Å². The van der Waals surface area contributed by atoms with Crippen LogP contribution in [0.5, 0.6) is 17.2 Å². The van der Waals surface area contributed by atoms with Gasteiger partial charge in [0.05, 0.1) is 12.7 Å². The van der Waals surface area contributed by atoms with Gasteiger partial charge in [-0.2, -0.15) is 0 Å². The topological polar surface area (TPSA) is 30.7 Å². The third-order valence-corrected chi connectivity index (χ3v) is 3.03. The molecule has 0 aliphatic carbocycles. The fraction of sp³-hybridized carbons (Fsp3) is 0.417. The van der Waals surface area contributed by atoms with Crippen LogP contribution in [-0.4, -0.2) is 38.3 Å². The summed E-state index contributed by atoms with van der Waals surface area (Å²) < 4.78 is 18.4. The molecule has 4 nitrogen and oxygen atoms in total. The minimum atomic E-state index is 0. The van der Waals surface area contributed by atoms with Crippen LogP contribution in [0.4, 0.5) is 0 Å². The van der Waals surface area contributed by atoms with E-state index in [1.165, 1.54) is 5.56 Å². The van der Waals surface area contributed by atoms with Crippen LogP contribution < -0.4 is 38.2 Å². The molecule has 0 bridgehead atoms. The monoisotopic (exact) mass is 347 g/mol. The molecule has 0 saturated carbocycles. The molecule has 92 valence electrons. The summed E-state index contributed by atoms with van der Waals surface area (Å²) in [6, 6.07) is 2.06. The van der Waals surface area contributed by atoms with Gasteiger partial charge in [-0.25, -0.2) is 4.58 Å². The zero-order valence-corrected chi connectivity index (χ0v) is 12.0. The second-order valence-electron chi connectivity index (χ2n) is 4.08. The highest BCUT2D eigenvalue weighted by molar-refractivity contribution is 5.86. The summed E-state index contributed by atoms with van der Waals surface area (Å²) in [5.74, 6) is 2.32. The smallest absolute Gasteiger partial charge is 0.231 e. The zero-order valence-electron chi connectivity index (χ0n) is 9.83. The van der Waals surface area contributed by atoms with Gasteiger partial charge in [0.2, 0.25) is 12.5 Å². The molecular formula is C12H14INO3. The number of hydrogen-bond donors (Lipinski definition) is 0. The normalized spacial score (nSPS) is 15.8. The molecule has 0 unspecified atom stereocenters. The first kappa shape index (κ1) is 12.5. The predicted octanol–water partition coefficient (Wildman–Crippen LogP) is -1.95. The number of likely N-dealkylation sites (N-methyl/N-ethyl adjacent to an activating group) is 1. The van der Waals surface area contributed by atoms with Crippen molar-refractivity contribution >= 4 is 6.21 Å². The van der Waals surface area contributed by atoms with E-state index in [1.54, 1.807) is 7.11 Å². The van der Waals surface area contributed by atoms with Crippen molar-refractivity contribution < 1.29 is 42.8 Å². The van der Waals surface area contributed by atoms with Crippen LogP contribution in [0.3, 0.4) is 0 Å². The fourth-order valence-electron chi connectivity index (χ4n) is 2.21. The van der Waals surface area contributed by atoms with Gasteiger partial charge in [0, 0.05) is 6.42 Å². The number of methoxy groups -OCH3 is 1. The first-order valence-electron chi connectivity index (χ1n) is 5.34. The molecule has 1 aromatic rings. The molecule has 1 aromatic carbocycles. The second kappa shape index (κ2) is 4.72. The summed E-state index contributed by atoms with van der Waals surface area (Å²) in [5, 5.41) is 0. The summed E-state index contributed by atoms with van der Waals surface area (Å²) in [6.45, 7) is 1.31. The van der Waals surface area contributed by atoms with Crippen molar-refractivity contribution in [3.05, 3.63) is 17.2 Å². The van der Waals surface area contributed by atoms with Gasteiger partial charge in [-0.3, -0.25) is 0 Å². The molecule has 0 amide bonds. The number of nitrogens with zero attached hydrogens (tertiary/aromatic N) is 1. The van der Waals surface area contributed by atoms with Crippen LogP contribution in [0.25, 0.3) is 0 Å². The highest BCUT2D eigenvalue weighted by Crippen LogP contribution is 2.44. The number of rotatable bonds is 1. The molecule has 5 heteroatoms. The summed E-state index contributed by atoms with van der Waals surface area (Å²) in [6.07, 6.45) is 3.11. The van der Waals surface area contributed by atoms with Crippen molar-refractivity contribution in [2.24, 2.45) is 0 Å². The Labute approximate surface area is 117 Å². The third kappa shape index (κ3) is 1.96. The van der Waals surface area contributed by atoms with Crippen LogP contribution >= 0.6 is 0 Å². The lowest BCUT2D eigenvalue weighted by Gasteiger charge is -2.15. The zero-order chi connectivity index (χ0) is 11.1. The summed E-state index contributed by atoms with van der Waals surface area (Å²) in [4.78, 5) is 0. The lowest BCUT2D eigenvalue weighted by Crippen LogP contribution is -3.00. The molecular weight excluding hydrogens is 333 g/mol. The Hall–Kier alpha value is -0.980. The molecule has 0 atom stereocenters. The van der Waals surface area contributed by atoms with Gasteiger partial charge in [0.15, 0.2) is 17.7 Å². The molecule has 0 spiro atoms. The van der Waals surface area contributed by atoms with E-state index in [4.69, 9.17) is 14.2 Å². The highest BCUT2D eigenvalue weighted by Gasteiger charge is 2.27. The minimum Gasteiger partial charge on any atom is -1.00 e. The average molecular weight is 347 g/mol. The largest absolute Gasteiger partial charge is 1.00 e. The maximum atomic E-state index is 5.44. The summed E-state index contributed by atoms with van der Waals surface area (Å²) in [5.41, 5.74) is 2.37. The summed E-state index contributed by atoms with van der Waals surface area (Å²) in [7, 11) is 3.73. The van der Waals surface area contributed by atoms with Gasteiger partial charge in [0.25, 0.3) is 0 Å². The Balaban J connectivity index is 0.00000108. The molecule has 0 fully saturated rings. The number of benzene rings is 1. The van der Waals surface area contributed by atoms with E-state index in [2.05, 4.69) is 23.9 Å². The fourth-order valence-corrected chi connectivity index (χ4v) is 2.21. The molecule has 0 N–H and O–H groups in total. The first-order valence-corrected chi connectivity index (χ1v) is 5.34. The van der Waals surface area contributed by atoms with Gasteiger partial charge >= 0.3 is 0 Å². The van der Waals surface area contributed by atoms with Crippen molar-refractivity contribution in [3.8, 4) is 17.2 Å². The first-order chi connectivity index (χ1) is 7.79. The Morgan fingerprint density at radius 1 is 1.35 bits per heavy atom. The van der Waals surface area contributed by atoms with Gasteiger partial charge in [-0.05, 0) is 11.6 Å². The Morgan fingerprint density at radius 2 is 2.18 bits per heavy atom. The van der Waals surface area contributed by atoms with Crippen molar-refractivity contribution in [1.82, 2.24) is 0 Å². The molecule has 2 heterocycles. The average Bonchev–Trinajstić information content (AvgIpc) is 2.73. The molecule has 0 saturated heterocycles. The van der Waals surface area contributed by atoms with E-state index in [-0.39, 0.29) is 30.8 Å². The van der Waals surface area contributed by atoms with E-state index >= 15 is 0 Å². The Morgan fingerprint density at radius 3 is 2.94 bits per heavy atom. The van der Waals surface area contributed by atoms with Crippen molar-refractivity contribution in [1.29, 1.82) is 0 Å². The standard InChI is InChI=1S/C12H14NO3.HI/c1-13-4-3-8-5-10-12(16-7-15-10)11(14-2)9(8)6-13;/h5-6H,3-4,7H2,1-2H3;1H/q+1;/p-1. The minimum absolute atomic E-state index is 0. The lowest BCUT2D eigenvalue weighted by molar-refractivity contribution is -0.493. The van der Waals surface area contributed by atoms with Gasteiger partial charge in [0.1, 0.15) is 13.6 Å². The summed E-state index contributed by atoms with van der Waals surface area (Å²) >= 11 is 0. The SMILES string of the molecule is COc1c2c(cc3c1OCO3)CC[N+](C)=C2.[I-]. The van der Waals surface area contributed by atoms with Crippen LogP contribution in [0.15, 0.2) is 6.07 Å². The van der Waals surface area contributed by atoms with Gasteiger partial charge in [-0.1, -0.05) is 0 Å². The van der Waals surface area contributed by atoms with E-state index in [9.17, 15) is 0 Å². The van der Waals surface area contributed by atoms with Crippen molar-refractivity contribution in [2.45, 2.75) is 6.42 Å². The van der Waals surface area contributed by atoms with Gasteiger partial charge in [-0.15, -0.1) is 0 Å². The van der Waals surface area contributed by atoms with Crippen molar-refractivity contribution in [2.75, 3.05) is 27.5 Å². The number of fused-ring (bicyclic) bond motifs is 2. The third-order valence-electron chi connectivity index (χ3n) is 3.03. The van der Waals surface area contributed by atoms with Gasteiger partial charge < -0.3 is 38.2 Å². The number of hydrogen-bond acceptors (Lipinski definition) is 3. The number of halogens is 1. The highest BCUT2D eigenvalue weighted by atomic mass is 127. The molecule has 2 aliphatic rings. The molecule has 3 rings (SSSR count). The van der Waals surface area contributed by atoms with Crippen LogP contribution in [0.1, 0.15) is 11.1 Å². The molecule has 2 aliphatic heterocycles. The lowest BCUT2D eigenvalue weighted by atomic mass is 10.0. The van der Waals surface area contributed by atoms with Crippen LogP contribution in [0.2, 0.25) is 0 Å².